The molecule has 2 aliphatic rings. The number of fused-ring (bicyclic) bond motifs is 3. The Morgan fingerprint density at radius 3 is 2.88 bits per heavy atom. The first-order chi connectivity index (χ1) is 12.2. The molecule has 0 radical (unpaired) electrons. The summed E-state index contributed by atoms with van der Waals surface area (Å²) in [4.78, 5) is 17.6. The summed E-state index contributed by atoms with van der Waals surface area (Å²) >= 11 is 3.57. The maximum absolute atomic E-state index is 12.8. The molecular weight excluding hydrogens is 378 g/mol. The maximum atomic E-state index is 12.8. The van der Waals surface area contributed by atoms with Gasteiger partial charge in [0.25, 0.3) is 0 Å². The first kappa shape index (κ1) is 14.9. The van der Waals surface area contributed by atoms with Crippen molar-refractivity contribution in [1.82, 2.24) is 9.55 Å². The molecule has 3 aromatic rings. The number of halogens is 1. The Labute approximate surface area is 153 Å². The highest BCUT2D eigenvalue weighted by molar-refractivity contribution is 9.10. The zero-order valence-electron chi connectivity index (χ0n) is 13.5. The molecule has 0 fully saturated rings. The number of carbonyl (C=O) groups excluding carboxylic acids is 1. The van der Waals surface area contributed by atoms with E-state index in [1.807, 2.05) is 30.3 Å². The quantitative estimate of drug-likeness (QED) is 0.644. The van der Waals surface area contributed by atoms with Gasteiger partial charge < -0.3 is 5.32 Å². The Morgan fingerprint density at radius 2 is 2.00 bits per heavy atom. The number of aromatic nitrogens is 2. The summed E-state index contributed by atoms with van der Waals surface area (Å²) in [5.41, 5.74) is 5.00. The topological polar surface area (TPSA) is 46.9 Å². The van der Waals surface area contributed by atoms with Crippen LogP contribution in [0.2, 0.25) is 0 Å². The van der Waals surface area contributed by atoms with Gasteiger partial charge in [0.15, 0.2) is 5.78 Å². The molecule has 0 bridgehead atoms. The number of ketones is 1. The largest absolute Gasteiger partial charge is 0.329 e. The monoisotopic (exact) mass is 393 g/mol. The van der Waals surface area contributed by atoms with Crippen LogP contribution in [0.5, 0.6) is 0 Å². The van der Waals surface area contributed by atoms with Crippen LogP contribution in [0.4, 0.5) is 5.95 Å². The van der Waals surface area contributed by atoms with E-state index in [1.54, 1.807) is 0 Å². The van der Waals surface area contributed by atoms with Crippen LogP contribution in [0.15, 0.2) is 64.3 Å². The van der Waals surface area contributed by atoms with Crippen LogP contribution in [-0.4, -0.2) is 15.3 Å². The predicted octanol–water partition coefficient (Wildman–Crippen LogP) is 4.82. The Bertz CT molecular complexity index is 1050. The van der Waals surface area contributed by atoms with Crippen LogP contribution in [0.3, 0.4) is 0 Å². The Hall–Kier alpha value is -2.40. The van der Waals surface area contributed by atoms with Crippen molar-refractivity contribution >= 4 is 38.7 Å². The van der Waals surface area contributed by atoms with Gasteiger partial charge in [-0.15, -0.1) is 0 Å². The van der Waals surface area contributed by atoms with Crippen LogP contribution >= 0.6 is 15.9 Å². The average Bonchev–Trinajstić information content (AvgIpc) is 2.98. The third kappa shape index (κ3) is 2.26. The molecule has 0 amide bonds. The van der Waals surface area contributed by atoms with Gasteiger partial charge in [-0.3, -0.25) is 9.36 Å². The molecule has 124 valence electrons. The van der Waals surface area contributed by atoms with Crippen molar-refractivity contribution in [3.05, 3.63) is 69.8 Å². The summed E-state index contributed by atoms with van der Waals surface area (Å²) < 4.78 is 3.18. The number of Topliss-reactive ketones (excluding diaryl/α,β-unsaturated/α-hetero) is 1. The van der Waals surface area contributed by atoms with Gasteiger partial charge >= 0.3 is 0 Å². The van der Waals surface area contributed by atoms with Crippen LogP contribution in [0, 0.1) is 0 Å². The number of imidazole rings is 1. The number of nitrogens with zero attached hydrogens (tertiary/aromatic N) is 2. The van der Waals surface area contributed by atoms with Crippen molar-refractivity contribution in [2.24, 2.45) is 0 Å². The molecule has 2 heterocycles. The highest BCUT2D eigenvalue weighted by atomic mass is 79.9. The van der Waals surface area contributed by atoms with Gasteiger partial charge in [0.05, 0.1) is 17.1 Å². The number of anilines is 1. The third-order valence-corrected chi connectivity index (χ3v) is 5.50. The minimum absolute atomic E-state index is 0.135. The number of benzene rings is 2. The third-order valence-electron chi connectivity index (χ3n) is 5.01. The lowest BCUT2D eigenvalue weighted by Crippen LogP contribution is -2.30. The van der Waals surface area contributed by atoms with Crippen LogP contribution < -0.4 is 5.32 Å². The van der Waals surface area contributed by atoms with Gasteiger partial charge in [-0.25, -0.2) is 4.98 Å². The van der Waals surface area contributed by atoms with Crippen molar-refractivity contribution < 1.29 is 4.79 Å². The van der Waals surface area contributed by atoms with Crippen LogP contribution in [0.25, 0.3) is 11.0 Å². The molecular formula is C20H16BrN3O. The summed E-state index contributed by atoms with van der Waals surface area (Å²) in [6.07, 6.45) is 2.41. The van der Waals surface area contributed by atoms with Gasteiger partial charge in [-0.2, -0.15) is 0 Å². The van der Waals surface area contributed by atoms with E-state index in [0.29, 0.717) is 6.42 Å². The SMILES string of the molecule is O=C1CCCC2=C1C(c1cccc(Br)c1)n1c(nc3ccccc31)N2. The summed E-state index contributed by atoms with van der Waals surface area (Å²) in [5, 5.41) is 3.43. The molecule has 0 spiro atoms. The van der Waals surface area contributed by atoms with Crippen molar-refractivity contribution in [1.29, 1.82) is 0 Å². The lowest BCUT2D eigenvalue weighted by Gasteiger charge is -2.34. The fourth-order valence-electron chi connectivity index (χ4n) is 3.96. The molecule has 1 aliphatic heterocycles. The van der Waals surface area contributed by atoms with Crippen molar-refractivity contribution in [2.75, 3.05) is 5.32 Å². The van der Waals surface area contributed by atoms with Crippen molar-refractivity contribution in [3.8, 4) is 0 Å². The second-order valence-corrected chi connectivity index (χ2v) is 7.46. The summed E-state index contributed by atoms with van der Waals surface area (Å²) in [6.45, 7) is 0. The number of para-hydroxylation sites is 2. The molecule has 2 aromatic carbocycles. The predicted molar refractivity (Wildman–Crippen MR) is 102 cm³/mol. The molecule has 0 saturated heterocycles. The van der Waals surface area contributed by atoms with Crippen molar-refractivity contribution in [2.45, 2.75) is 25.3 Å². The molecule has 1 aromatic heterocycles. The molecule has 4 nitrogen and oxygen atoms in total. The van der Waals surface area contributed by atoms with E-state index in [9.17, 15) is 4.79 Å². The van der Waals surface area contributed by atoms with E-state index in [2.05, 4.69) is 44.0 Å². The fourth-order valence-corrected chi connectivity index (χ4v) is 4.38. The molecule has 1 unspecified atom stereocenters. The highest BCUT2D eigenvalue weighted by Crippen LogP contribution is 2.43. The molecule has 1 aliphatic carbocycles. The number of nitrogens with one attached hydrogen (secondary N) is 1. The number of hydrogen-bond donors (Lipinski definition) is 1. The lowest BCUT2D eigenvalue weighted by molar-refractivity contribution is -0.116. The first-order valence-electron chi connectivity index (χ1n) is 8.48. The molecule has 1 atom stereocenters. The number of allylic oxidation sites excluding steroid dienone is 2. The number of carbonyl (C=O) groups is 1. The minimum Gasteiger partial charge on any atom is -0.329 e. The van der Waals surface area contributed by atoms with Gasteiger partial charge in [0.2, 0.25) is 5.95 Å². The zero-order valence-corrected chi connectivity index (χ0v) is 15.1. The fraction of sp³-hybridized carbons (Fsp3) is 0.200. The summed E-state index contributed by atoms with van der Waals surface area (Å²) in [5.74, 6) is 1.06. The molecule has 5 heteroatoms. The van der Waals surface area contributed by atoms with E-state index in [-0.39, 0.29) is 11.8 Å². The second kappa shape index (κ2) is 5.56. The lowest BCUT2D eigenvalue weighted by atomic mass is 9.85. The average molecular weight is 394 g/mol. The number of hydrogen-bond acceptors (Lipinski definition) is 3. The molecule has 0 saturated carbocycles. The van der Waals surface area contributed by atoms with E-state index < -0.39 is 0 Å². The number of rotatable bonds is 1. The molecule has 1 N–H and O–H groups in total. The first-order valence-corrected chi connectivity index (χ1v) is 9.27. The Morgan fingerprint density at radius 1 is 1.12 bits per heavy atom. The molecule has 5 rings (SSSR count). The van der Waals surface area contributed by atoms with Gasteiger partial charge in [-0.05, 0) is 42.7 Å². The van der Waals surface area contributed by atoms with E-state index in [4.69, 9.17) is 4.98 Å². The van der Waals surface area contributed by atoms with Crippen LogP contribution in [0.1, 0.15) is 30.9 Å². The minimum atomic E-state index is -0.135. The maximum Gasteiger partial charge on any atom is 0.209 e. The van der Waals surface area contributed by atoms with Crippen molar-refractivity contribution in [3.63, 3.8) is 0 Å². The van der Waals surface area contributed by atoms with Gasteiger partial charge in [0, 0.05) is 22.2 Å². The van der Waals surface area contributed by atoms with Gasteiger partial charge in [-0.1, -0.05) is 40.2 Å². The van der Waals surface area contributed by atoms with Gasteiger partial charge in [0.1, 0.15) is 0 Å². The smallest absolute Gasteiger partial charge is 0.209 e. The Kier molecular flexibility index (Phi) is 3.31. The summed E-state index contributed by atoms with van der Waals surface area (Å²) in [7, 11) is 0. The normalized spacial score (nSPS) is 19.6. The Balaban J connectivity index is 1.82. The standard InChI is InChI=1S/C20H16BrN3O/c21-13-6-3-5-12(11-13)19-18-15(8-4-10-17(18)25)23-20-22-14-7-1-2-9-16(14)24(19)20/h1-3,5-7,9,11,19H,4,8,10H2,(H,22,23). The zero-order chi connectivity index (χ0) is 17.0. The van der Waals surface area contributed by atoms with Crippen LogP contribution in [-0.2, 0) is 4.79 Å². The second-order valence-electron chi connectivity index (χ2n) is 6.55. The van der Waals surface area contributed by atoms with E-state index in [0.717, 1.165) is 51.1 Å². The summed E-state index contributed by atoms with van der Waals surface area (Å²) in [6, 6.07) is 16.2. The van der Waals surface area contributed by atoms with E-state index >= 15 is 0 Å². The molecule has 25 heavy (non-hydrogen) atoms. The highest BCUT2D eigenvalue weighted by Gasteiger charge is 2.36. The van der Waals surface area contributed by atoms with E-state index in [1.165, 1.54) is 0 Å².